The summed E-state index contributed by atoms with van der Waals surface area (Å²) in [5, 5.41) is 5.59. The van der Waals surface area contributed by atoms with Crippen molar-refractivity contribution in [3.63, 3.8) is 0 Å². The van der Waals surface area contributed by atoms with E-state index in [1.807, 2.05) is 13.0 Å². The maximum atomic E-state index is 12.5. The zero-order chi connectivity index (χ0) is 19.4. The monoisotopic (exact) mass is 359 g/mol. The highest BCUT2D eigenvalue weighted by Crippen LogP contribution is 2.24. The van der Waals surface area contributed by atoms with Gasteiger partial charge in [-0.3, -0.25) is 4.79 Å². The lowest BCUT2D eigenvalue weighted by molar-refractivity contribution is -0.121. The number of amides is 1. The van der Waals surface area contributed by atoms with Crippen LogP contribution < -0.4 is 5.32 Å². The third-order valence-corrected chi connectivity index (χ3v) is 5.16. The van der Waals surface area contributed by atoms with Crippen molar-refractivity contribution in [3.8, 4) is 0 Å². The van der Waals surface area contributed by atoms with Crippen molar-refractivity contribution >= 4 is 16.7 Å². The van der Waals surface area contributed by atoms with E-state index in [0.29, 0.717) is 6.42 Å². The fourth-order valence-corrected chi connectivity index (χ4v) is 3.43. The summed E-state index contributed by atoms with van der Waals surface area (Å²) in [6, 6.07) is 23.2. The Bertz CT molecular complexity index is 914. The van der Waals surface area contributed by atoms with Gasteiger partial charge in [-0.05, 0) is 46.2 Å². The minimum atomic E-state index is 0.0130. The van der Waals surface area contributed by atoms with Gasteiger partial charge in [0.15, 0.2) is 0 Å². The number of fused-ring (bicyclic) bond motifs is 1. The molecule has 0 fully saturated rings. The first kappa shape index (κ1) is 19.2. The third-order valence-electron chi connectivity index (χ3n) is 5.16. The van der Waals surface area contributed by atoms with Gasteiger partial charge in [0.1, 0.15) is 0 Å². The van der Waals surface area contributed by atoms with Crippen LogP contribution in [0.3, 0.4) is 0 Å². The SMILES string of the molecule is C[C@H](NC(=O)CCc1cccc2ccccc12)c1ccc(C(C)(C)C)cc1. The van der Waals surface area contributed by atoms with Gasteiger partial charge in [-0.2, -0.15) is 0 Å². The molecule has 2 heteroatoms. The molecule has 1 N–H and O–H groups in total. The van der Waals surface area contributed by atoms with E-state index < -0.39 is 0 Å². The number of benzene rings is 3. The summed E-state index contributed by atoms with van der Waals surface area (Å²) >= 11 is 0. The highest BCUT2D eigenvalue weighted by atomic mass is 16.1. The molecule has 0 bridgehead atoms. The normalized spacial score (nSPS) is 12.7. The quantitative estimate of drug-likeness (QED) is 0.599. The van der Waals surface area contributed by atoms with Gasteiger partial charge in [-0.15, -0.1) is 0 Å². The summed E-state index contributed by atoms with van der Waals surface area (Å²) in [5.74, 6) is 0.0929. The molecule has 1 atom stereocenters. The topological polar surface area (TPSA) is 29.1 Å². The molecular formula is C25H29NO. The van der Waals surface area contributed by atoms with Gasteiger partial charge in [0.2, 0.25) is 5.91 Å². The number of hydrogen-bond acceptors (Lipinski definition) is 1. The molecule has 0 aliphatic carbocycles. The number of aryl methyl sites for hydroxylation is 1. The van der Waals surface area contributed by atoms with E-state index >= 15 is 0 Å². The molecule has 0 aromatic heterocycles. The number of carbonyl (C=O) groups is 1. The highest BCUT2D eigenvalue weighted by molar-refractivity contribution is 5.86. The lowest BCUT2D eigenvalue weighted by atomic mass is 9.86. The maximum Gasteiger partial charge on any atom is 0.220 e. The van der Waals surface area contributed by atoms with Crippen LogP contribution in [0, 0.1) is 0 Å². The summed E-state index contributed by atoms with van der Waals surface area (Å²) in [6.45, 7) is 8.67. The van der Waals surface area contributed by atoms with Gasteiger partial charge >= 0.3 is 0 Å². The van der Waals surface area contributed by atoms with Crippen molar-refractivity contribution in [2.24, 2.45) is 0 Å². The Morgan fingerprint density at radius 1 is 0.926 bits per heavy atom. The van der Waals surface area contributed by atoms with E-state index in [1.54, 1.807) is 0 Å². The number of rotatable bonds is 5. The van der Waals surface area contributed by atoms with Crippen LogP contribution in [0.25, 0.3) is 10.8 Å². The van der Waals surface area contributed by atoms with Crippen LogP contribution in [-0.2, 0) is 16.6 Å². The van der Waals surface area contributed by atoms with Crippen LogP contribution in [-0.4, -0.2) is 5.91 Å². The molecule has 0 unspecified atom stereocenters. The minimum absolute atomic E-state index is 0.0130. The van der Waals surface area contributed by atoms with Gasteiger partial charge in [0, 0.05) is 6.42 Å². The van der Waals surface area contributed by atoms with E-state index in [1.165, 1.54) is 21.9 Å². The van der Waals surface area contributed by atoms with Crippen LogP contribution >= 0.6 is 0 Å². The van der Waals surface area contributed by atoms with E-state index in [9.17, 15) is 4.79 Å². The Morgan fingerprint density at radius 3 is 2.30 bits per heavy atom. The van der Waals surface area contributed by atoms with Crippen molar-refractivity contribution in [3.05, 3.63) is 83.4 Å². The molecule has 27 heavy (non-hydrogen) atoms. The second kappa shape index (κ2) is 7.96. The van der Waals surface area contributed by atoms with Crippen LogP contribution in [0.1, 0.15) is 56.8 Å². The molecule has 0 heterocycles. The van der Waals surface area contributed by atoms with Crippen molar-refractivity contribution < 1.29 is 4.79 Å². The first-order chi connectivity index (χ1) is 12.8. The molecule has 0 spiro atoms. The lowest BCUT2D eigenvalue weighted by Gasteiger charge is -2.20. The average Bonchev–Trinajstić information content (AvgIpc) is 2.65. The van der Waals surface area contributed by atoms with Gasteiger partial charge in [-0.1, -0.05) is 87.5 Å². The summed E-state index contributed by atoms with van der Waals surface area (Å²) in [6.07, 6.45) is 1.25. The van der Waals surface area contributed by atoms with Crippen molar-refractivity contribution in [1.29, 1.82) is 0 Å². The molecule has 1 amide bonds. The maximum absolute atomic E-state index is 12.5. The van der Waals surface area contributed by atoms with Gasteiger partial charge in [-0.25, -0.2) is 0 Å². The standard InChI is InChI=1S/C25H29NO/c1-18(19-12-15-22(16-13-19)25(2,3)4)26-24(27)17-14-21-10-7-9-20-8-5-6-11-23(20)21/h5-13,15-16,18H,14,17H2,1-4H3,(H,26,27)/t18-/m0/s1. The molecule has 3 aromatic carbocycles. The van der Waals surface area contributed by atoms with Gasteiger partial charge < -0.3 is 5.32 Å². The van der Waals surface area contributed by atoms with Crippen LogP contribution in [0.2, 0.25) is 0 Å². The zero-order valence-corrected chi connectivity index (χ0v) is 16.8. The predicted molar refractivity (Wildman–Crippen MR) is 114 cm³/mol. The number of carbonyl (C=O) groups excluding carboxylic acids is 1. The Morgan fingerprint density at radius 2 is 1.59 bits per heavy atom. The van der Waals surface area contributed by atoms with Crippen LogP contribution in [0.5, 0.6) is 0 Å². The highest BCUT2D eigenvalue weighted by Gasteiger charge is 2.15. The van der Waals surface area contributed by atoms with E-state index in [2.05, 4.69) is 86.8 Å². The van der Waals surface area contributed by atoms with Crippen molar-refractivity contribution in [2.75, 3.05) is 0 Å². The summed E-state index contributed by atoms with van der Waals surface area (Å²) in [7, 11) is 0. The first-order valence-electron chi connectivity index (χ1n) is 9.71. The van der Waals surface area contributed by atoms with Crippen LogP contribution in [0.15, 0.2) is 66.7 Å². The Labute approximate surface area is 162 Å². The smallest absolute Gasteiger partial charge is 0.220 e. The molecular weight excluding hydrogens is 330 g/mol. The minimum Gasteiger partial charge on any atom is -0.350 e. The Kier molecular flexibility index (Phi) is 5.65. The molecule has 3 aromatic rings. The largest absolute Gasteiger partial charge is 0.350 e. The Balaban J connectivity index is 1.60. The molecule has 3 rings (SSSR count). The summed E-state index contributed by atoms with van der Waals surface area (Å²) in [4.78, 5) is 12.5. The molecule has 0 saturated carbocycles. The second-order valence-electron chi connectivity index (χ2n) is 8.30. The Hall–Kier alpha value is -2.61. The van der Waals surface area contributed by atoms with E-state index in [-0.39, 0.29) is 17.4 Å². The predicted octanol–water partition coefficient (Wildman–Crippen LogP) is 5.95. The second-order valence-corrected chi connectivity index (χ2v) is 8.30. The first-order valence-corrected chi connectivity index (χ1v) is 9.71. The number of hydrogen-bond donors (Lipinski definition) is 1. The van der Waals surface area contributed by atoms with E-state index in [0.717, 1.165) is 12.0 Å². The fraction of sp³-hybridized carbons (Fsp3) is 0.320. The number of nitrogens with one attached hydrogen (secondary N) is 1. The van der Waals surface area contributed by atoms with Crippen molar-refractivity contribution in [2.45, 2.75) is 52.0 Å². The molecule has 0 saturated heterocycles. The molecule has 0 radical (unpaired) electrons. The summed E-state index contributed by atoms with van der Waals surface area (Å²) in [5.41, 5.74) is 3.82. The zero-order valence-electron chi connectivity index (χ0n) is 16.8. The molecule has 0 aliphatic rings. The summed E-state index contributed by atoms with van der Waals surface area (Å²) < 4.78 is 0. The lowest BCUT2D eigenvalue weighted by Crippen LogP contribution is -2.27. The molecule has 2 nitrogen and oxygen atoms in total. The molecule has 0 aliphatic heterocycles. The van der Waals surface area contributed by atoms with Gasteiger partial charge in [0.25, 0.3) is 0 Å². The average molecular weight is 360 g/mol. The van der Waals surface area contributed by atoms with Crippen molar-refractivity contribution in [1.82, 2.24) is 5.32 Å². The van der Waals surface area contributed by atoms with Crippen LogP contribution in [0.4, 0.5) is 0 Å². The molecule has 140 valence electrons. The van der Waals surface area contributed by atoms with Gasteiger partial charge in [0.05, 0.1) is 6.04 Å². The fourth-order valence-electron chi connectivity index (χ4n) is 3.43. The third kappa shape index (κ3) is 4.77. The van der Waals surface area contributed by atoms with E-state index in [4.69, 9.17) is 0 Å².